The number of ketones is 1. The third-order valence-corrected chi connectivity index (χ3v) is 13.3. The molecule has 5 unspecified atom stereocenters. The molecule has 7 rings (SSSR count). The van der Waals surface area contributed by atoms with Crippen LogP contribution in [0.2, 0.25) is 0 Å². The molecule has 2 aliphatic heterocycles. The number of carbonyl (C=O) groups excluding carboxylic acids is 3. The predicted octanol–water partition coefficient (Wildman–Crippen LogP) is 2.87. The van der Waals surface area contributed by atoms with Crippen LogP contribution in [-0.2, 0) is 28.6 Å². The van der Waals surface area contributed by atoms with Gasteiger partial charge in [0.1, 0.15) is 23.9 Å². The van der Waals surface area contributed by atoms with Gasteiger partial charge in [-0.05, 0) is 82.1 Å². The molecule has 2 heterocycles. The molecule has 0 aromatic heterocycles. The van der Waals surface area contributed by atoms with Crippen molar-refractivity contribution < 1.29 is 38.8 Å². The molecular formula is C30H40O8. The van der Waals surface area contributed by atoms with Crippen LogP contribution in [0.25, 0.3) is 0 Å². The minimum atomic E-state index is -1.59. The van der Waals surface area contributed by atoms with E-state index >= 15 is 0 Å². The van der Waals surface area contributed by atoms with Gasteiger partial charge in [-0.2, -0.15) is 0 Å². The van der Waals surface area contributed by atoms with Crippen LogP contribution < -0.4 is 0 Å². The molecule has 2 N–H and O–H groups in total. The van der Waals surface area contributed by atoms with Gasteiger partial charge in [0.2, 0.25) is 0 Å². The van der Waals surface area contributed by atoms with Crippen LogP contribution >= 0.6 is 0 Å². The number of carbonyl (C=O) groups is 3. The molecule has 7 aliphatic rings. The van der Waals surface area contributed by atoms with Crippen molar-refractivity contribution in [2.75, 3.05) is 0 Å². The highest BCUT2D eigenvalue weighted by Gasteiger charge is 2.82. The van der Waals surface area contributed by atoms with Crippen molar-refractivity contribution in [2.24, 2.45) is 39.9 Å². The molecule has 8 nitrogen and oxygen atoms in total. The molecule has 38 heavy (non-hydrogen) atoms. The van der Waals surface area contributed by atoms with E-state index in [0.717, 1.165) is 19.3 Å². The first-order valence-corrected chi connectivity index (χ1v) is 14.4. The van der Waals surface area contributed by atoms with Crippen LogP contribution in [0.15, 0.2) is 12.2 Å². The number of epoxide rings is 1. The molecule has 13 atom stereocenters. The molecule has 4 saturated carbocycles. The first-order valence-electron chi connectivity index (χ1n) is 14.4. The normalized spacial score (nSPS) is 59.8. The minimum absolute atomic E-state index is 0.0119. The lowest BCUT2D eigenvalue weighted by Gasteiger charge is -2.60. The van der Waals surface area contributed by atoms with Gasteiger partial charge in [-0.25, -0.2) is 4.79 Å². The van der Waals surface area contributed by atoms with Gasteiger partial charge in [0.05, 0.1) is 11.0 Å². The number of hydrogen-bond acceptors (Lipinski definition) is 8. The van der Waals surface area contributed by atoms with E-state index < -0.39 is 51.2 Å². The third-order valence-electron chi connectivity index (χ3n) is 13.3. The Bertz CT molecular complexity index is 1180. The molecule has 0 aromatic rings. The monoisotopic (exact) mass is 528 g/mol. The topological polar surface area (TPSA) is 123 Å². The highest BCUT2D eigenvalue weighted by Crippen LogP contribution is 2.75. The van der Waals surface area contributed by atoms with Crippen molar-refractivity contribution in [1.82, 2.24) is 0 Å². The fourth-order valence-electron chi connectivity index (χ4n) is 10.8. The Hall–Kier alpha value is -1.77. The van der Waals surface area contributed by atoms with Crippen LogP contribution in [0.4, 0.5) is 0 Å². The lowest BCUT2D eigenvalue weighted by atomic mass is 9.43. The number of ether oxygens (including phenoxy) is 3. The molecule has 0 radical (unpaired) electrons. The van der Waals surface area contributed by atoms with Crippen LogP contribution in [0.1, 0.15) is 79.6 Å². The second kappa shape index (κ2) is 7.10. The van der Waals surface area contributed by atoms with E-state index in [-0.39, 0.29) is 41.5 Å². The summed E-state index contributed by atoms with van der Waals surface area (Å²) in [5, 5.41) is 23.7. The highest BCUT2D eigenvalue weighted by atomic mass is 16.6. The molecule has 2 saturated heterocycles. The average Bonchev–Trinajstić information content (AvgIpc) is 3.38. The summed E-state index contributed by atoms with van der Waals surface area (Å²) in [6, 6.07) is 0. The smallest absolute Gasteiger partial charge is 0.338 e. The van der Waals surface area contributed by atoms with Crippen LogP contribution in [0.3, 0.4) is 0 Å². The molecule has 6 fully saturated rings. The lowest BCUT2D eigenvalue weighted by molar-refractivity contribution is -0.205. The molecular weight excluding hydrogens is 488 g/mol. The number of rotatable bonds is 2. The summed E-state index contributed by atoms with van der Waals surface area (Å²) in [5.41, 5.74) is -5.21. The standard InChI is InChI=1S/C30H40O8/c1-15(31)36-22-21-16-9-12-29(35,18-13-25(2)14-19(18)37-24(33)28(25,5)34)26(16,3)11-8-17(21)27(4)20(32)7-6-10-30(27)23(22)38-30/h6-7,16-19,21-23,34-35H,8-14H2,1-5H3/t16?,17?,18?,19-,21?,22?,23-,25-,26+,27+,28+,29-,30-/m1/s1. The maximum Gasteiger partial charge on any atom is 0.338 e. The zero-order valence-corrected chi connectivity index (χ0v) is 23.0. The largest absolute Gasteiger partial charge is 0.460 e. The molecule has 2 bridgehead atoms. The van der Waals surface area contributed by atoms with Gasteiger partial charge in [0.15, 0.2) is 11.4 Å². The number of fused-ring (bicyclic) bond motifs is 6. The molecule has 5 aliphatic carbocycles. The lowest BCUT2D eigenvalue weighted by Crippen LogP contribution is -2.66. The van der Waals surface area contributed by atoms with Gasteiger partial charge >= 0.3 is 11.9 Å². The molecule has 0 aromatic carbocycles. The molecule has 1 spiro atoms. The SMILES string of the molecule is CC(=O)OC1C2C3CC[C@@](O)(C4C[C@]5(C)C[C@H]4OC(=O)[C@]5(C)O)[C@@]3(C)CCC2[C@@]2(C)C(=O)C=CC[C@]23O[C@H]13. The number of hydrogen-bond donors (Lipinski definition) is 2. The van der Waals surface area contributed by atoms with Gasteiger partial charge in [-0.15, -0.1) is 0 Å². The fourth-order valence-corrected chi connectivity index (χ4v) is 10.8. The van der Waals surface area contributed by atoms with E-state index in [1.807, 2.05) is 19.9 Å². The van der Waals surface area contributed by atoms with E-state index in [9.17, 15) is 24.6 Å². The Morgan fingerprint density at radius 3 is 2.45 bits per heavy atom. The van der Waals surface area contributed by atoms with Crippen molar-refractivity contribution >= 4 is 17.7 Å². The first-order chi connectivity index (χ1) is 17.7. The molecule has 208 valence electrons. The summed E-state index contributed by atoms with van der Waals surface area (Å²) in [5.74, 6) is -1.29. The van der Waals surface area contributed by atoms with E-state index in [0.29, 0.717) is 25.7 Å². The van der Waals surface area contributed by atoms with E-state index in [1.165, 1.54) is 13.8 Å². The van der Waals surface area contributed by atoms with E-state index in [2.05, 4.69) is 6.92 Å². The maximum absolute atomic E-state index is 13.5. The Balaban J connectivity index is 1.29. The summed E-state index contributed by atoms with van der Waals surface area (Å²) in [4.78, 5) is 38.6. The summed E-state index contributed by atoms with van der Waals surface area (Å²) in [6.07, 6.45) is 6.75. The Labute approximate surface area is 223 Å². The highest BCUT2D eigenvalue weighted by molar-refractivity contribution is 5.98. The maximum atomic E-state index is 13.5. The fraction of sp³-hybridized carbons (Fsp3) is 0.833. The number of allylic oxidation sites excluding steroid dienone is 1. The third kappa shape index (κ3) is 2.57. The quantitative estimate of drug-likeness (QED) is 0.414. The minimum Gasteiger partial charge on any atom is -0.460 e. The number of esters is 2. The van der Waals surface area contributed by atoms with Gasteiger partial charge in [0.25, 0.3) is 0 Å². The Kier molecular flexibility index (Phi) is 4.71. The first kappa shape index (κ1) is 25.2. The van der Waals surface area contributed by atoms with Crippen molar-refractivity contribution in [3.63, 3.8) is 0 Å². The van der Waals surface area contributed by atoms with Gasteiger partial charge in [0, 0.05) is 24.2 Å². The number of aliphatic hydroxyl groups is 2. The van der Waals surface area contributed by atoms with Crippen molar-refractivity contribution in [3.8, 4) is 0 Å². The van der Waals surface area contributed by atoms with Gasteiger partial charge < -0.3 is 24.4 Å². The molecule has 0 amide bonds. The zero-order valence-electron chi connectivity index (χ0n) is 23.0. The predicted molar refractivity (Wildman–Crippen MR) is 133 cm³/mol. The van der Waals surface area contributed by atoms with E-state index in [4.69, 9.17) is 14.2 Å². The Morgan fingerprint density at radius 1 is 1.03 bits per heavy atom. The van der Waals surface area contributed by atoms with Crippen molar-refractivity contribution in [2.45, 2.75) is 115 Å². The summed E-state index contributed by atoms with van der Waals surface area (Å²) < 4.78 is 18.2. The van der Waals surface area contributed by atoms with Crippen molar-refractivity contribution in [3.05, 3.63) is 12.2 Å². The summed E-state index contributed by atoms with van der Waals surface area (Å²) >= 11 is 0. The summed E-state index contributed by atoms with van der Waals surface area (Å²) in [7, 11) is 0. The van der Waals surface area contributed by atoms with Crippen LogP contribution in [0.5, 0.6) is 0 Å². The molecule has 8 heteroatoms. The zero-order chi connectivity index (χ0) is 27.3. The van der Waals surface area contributed by atoms with Crippen LogP contribution in [0, 0.1) is 39.9 Å². The Morgan fingerprint density at radius 2 is 1.74 bits per heavy atom. The second-order valence-corrected chi connectivity index (χ2v) is 14.5. The van der Waals surface area contributed by atoms with Crippen molar-refractivity contribution in [1.29, 1.82) is 0 Å². The van der Waals surface area contributed by atoms with Gasteiger partial charge in [-0.1, -0.05) is 19.9 Å². The van der Waals surface area contributed by atoms with Gasteiger partial charge in [-0.3, -0.25) is 9.59 Å². The average molecular weight is 529 g/mol. The second-order valence-electron chi connectivity index (χ2n) is 14.5. The van der Waals surface area contributed by atoms with E-state index in [1.54, 1.807) is 6.08 Å². The summed E-state index contributed by atoms with van der Waals surface area (Å²) in [6.45, 7) is 9.09. The van der Waals surface area contributed by atoms with Crippen LogP contribution in [-0.4, -0.2) is 63.0 Å².